The van der Waals surface area contributed by atoms with Crippen LogP contribution in [-0.2, 0) is 0 Å². The van der Waals surface area contributed by atoms with Gasteiger partial charge in [0.2, 0.25) is 0 Å². The van der Waals surface area contributed by atoms with Crippen molar-refractivity contribution in [3.05, 3.63) is 35.7 Å². The van der Waals surface area contributed by atoms with Crippen LogP contribution >= 0.6 is 0 Å². The summed E-state index contributed by atoms with van der Waals surface area (Å²) in [5.41, 5.74) is 2.02. The van der Waals surface area contributed by atoms with Crippen LogP contribution in [0, 0.1) is 6.92 Å². The van der Waals surface area contributed by atoms with Crippen molar-refractivity contribution in [2.45, 2.75) is 32.7 Å². The van der Waals surface area contributed by atoms with Gasteiger partial charge in [-0.15, -0.1) is 5.10 Å². The molecule has 1 aliphatic rings. The van der Waals surface area contributed by atoms with E-state index < -0.39 is 0 Å². The van der Waals surface area contributed by atoms with Gasteiger partial charge in [0, 0.05) is 26.2 Å². The number of nitrogens with zero attached hydrogens (tertiary/aromatic N) is 5. The van der Waals surface area contributed by atoms with E-state index in [2.05, 4.69) is 22.1 Å². The SMILES string of the molecule is CCN1CCC(N(C)C(=O)c2nnn(-c3ccc(OC)cc3)c2C)CC1. The van der Waals surface area contributed by atoms with Crippen molar-refractivity contribution < 1.29 is 9.53 Å². The first-order chi connectivity index (χ1) is 12.5. The minimum Gasteiger partial charge on any atom is -0.497 e. The fourth-order valence-electron chi connectivity index (χ4n) is 3.45. The number of hydrogen-bond donors (Lipinski definition) is 0. The maximum Gasteiger partial charge on any atom is 0.276 e. The summed E-state index contributed by atoms with van der Waals surface area (Å²) in [7, 11) is 3.51. The molecule has 0 spiro atoms. The third-order valence-corrected chi connectivity index (χ3v) is 5.29. The predicted molar refractivity (Wildman–Crippen MR) is 99.9 cm³/mol. The number of piperidine rings is 1. The summed E-state index contributed by atoms with van der Waals surface area (Å²) in [6.45, 7) is 7.20. The normalized spacial score (nSPS) is 15.8. The van der Waals surface area contributed by atoms with Gasteiger partial charge in [0.1, 0.15) is 5.75 Å². The molecule has 0 saturated carbocycles. The number of methoxy groups -OCH3 is 1. The molecule has 26 heavy (non-hydrogen) atoms. The summed E-state index contributed by atoms with van der Waals surface area (Å²) >= 11 is 0. The van der Waals surface area contributed by atoms with Crippen LogP contribution in [0.25, 0.3) is 5.69 Å². The number of carbonyl (C=O) groups excluding carboxylic acids is 1. The van der Waals surface area contributed by atoms with E-state index >= 15 is 0 Å². The molecule has 1 amide bonds. The lowest BCUT2D eigenvalue weighted by Crippen LogP contribution is -2.45. The van der Waals surface area contributed by atoms with Crippen LogP contribution in [0.5, 0.6) is 5.75 Å². The van der Waals surface area contributed by atoms with Crippen molar-refractivity contribution in [2.24, 2.45) is 0 Å². The summed E-state index contributed by atoms with van der Waals surface area (Å²) in [6, 6.07) is 7.80. The predicted octanol–water partition coefficient (Wildman–Crippen LogP) is 2.14. The van der Waals surface area contributed by atoms with E-state index in [4.69, 9.17) is 4.74 Å². The Balaban J connectivity index is 1.75. The van der Waals surface area contributed by atoms with E-state index in [9.17, 15) is 4.79 Å². The van der Waals surface area contributed by atoms with Crippen LogP contribution in [0.1, 0.15) is 35.9 Å². The lowest BCUT2D eigenvalue weighted by molar-refractivity contribution is 0.0640. The minimum atomic E-state index is -0.0581. The fourth-order valence-corrected chi connectivity index (χ4v) is 3.45. The number of amides is 1. The van der Waals surface area contributed by atoms with E-state index in [-0.39, 0.29) is 11.9 Å². The maximum atomic E-state index is 12.9. The largest absolute Gasteiger partial charge is 0.497 e. The fraction of sp³-hybridized carbons (Fsp3) is 0.526. The van der Waals surface area contributed by atoms with Crippen LogP contribution < -0.4 is 4.74 Å². The number of ether oxygens (including phenoxy) is 1. The van der Waals surface area contributed by atoms with Crippen molar-refractivity contribution in [1.82, 2.24) is 24.8 Å². The minimum absolute atomic E-state index is 0.0581. The van der Waals surface area contributed by atoms with E-state index in [1.807, 2.05) is 43.1 Å². The van der Waals surface area contributed by atoms with Gasteiger partial charge in [-0.25, -0.2) is 4.68 Å². The second kappa shape index (κ2) is 7.86. The molecule has 1 aromatic carbocycles. The zero-order valence-corrected chi connectivity index (χ0v) is 16.0. The lowest BCUT2D eigenvalue weighted by Gasteiger charge is -2.36. The third kappa shape index (κ3) is 3.58. The Morgan fingerprint density at radius 3 is 2.50 bits per heavy atom. The third-order valence-electron chi connectivity index (χ3n) is 5.29. The van der Waals surface area contributed by atoms with Crippen molar-refractivity contribution >= 4 is 5.91 Å². The summed E-state index contributed by atoms with van der Waals surface area (Å²) in [4.78, 5) is 17.2. The molecular weight excluding hydrogens is 330 g/mol. The van der Waals surface area contributed by atoms with E-state index in [1.165, 1.54) is 0 Å². The quantitative estimate of drug-likeness (QED) is 0.820. The van der Waals surface area contributed by atoms with Gasteiger partial charge in [-0.05, 0) is 50.6 Å². The maximum absolute atomic E-state index is 12.9. The molecule has 1 saturated heterocycles. The number of hydrogen-bond acceptors (Lipinski definition) is 5. The van der Waals surface area contributed by atoms with Crippen molar-refractivity contribution in [3.8, 4) is 11.4 Å². The van der Waals surface area contributed by atoms with Gasteiger partial charge in [0.25, 0.3) is 5.91 Å². The highest BCUT2D eigenvalue weighted by Crippen LogP contribution is 2.20. The molecule has 140 valence electrons. The molecule has 1 aliphatic heterocycles. The van der Waals surface area contributed by atoms with Crippen LogP contribution in [0.4, 0.5) is 0 Å². The van der Waals surface area contributed by atoms with E-state index in [0.717, 1.165) is 49.6 Å². The number of carbonyl (C=O) groups is 1. The summed E-state index contributed by atoms with van der Waals surface area (Å²) in [6.07, 6.45) is 2.00. The van der Waals surface area contributed by atoms with Gasteiger partial charge in [-0.3, -0.25) is 4.79 Å². The molecule has 0 atom stereocenters. The molecule has 0 aliphatic carbocycles. The van der Waals surface area contributed by atoms with Gasteiger partial charge in [0.05, 0.1) is 18.5 Å². The highest BCUT2D eigenvalue weighted by atomic mass is 16.5. The smallest absolute Gasteiger partial charge is 0.276 e. The van der Waals surface area contributed by atoms with Gasteiger partial charge >= 0.3 is 0 Å². The molecule has 0 bridgehead atoms. The molecule has 3 rings (SSSR count). The molecule has 1 aromatic heterocycles. The molecule has 0 unspecified atom stereocenters. The Labute approximate surface area is 154 Å². The van der Waals surface area contributed by atoms with E-state index in [1.54, 1.807) is 11.8 Å². The first kappa shape index (κ1) is 18.4. The molecule has 0 N–H and O–H groups in total. The van der Waals surface area contributed by atoms with Gasteiger partial charge in [-0.1, -0.05) is 12.1 Å². The number of benzene rings is 1. The van der Waals surface area contributed by atoms with Crippen LogP contribution in [0.15, 0.2) is 24.3 Å². The Morgan fingerprint density at radius 1 is 1.27 bits per heavy atom. The molecule has 2 heterocycles. The highest BCUT2D eigenvalue weighted by Gasteiger charge is 2.28. The molecule has 2 aromatic rings. The van der Waals surface area contributed by atoms with Crippen LogP contribution in [-0.4, -0.2) is 70.5 Å². The Hall–Kier alpha value is -2.41. The first-order valence-electron chi connectivity index (χ1n) is 9.11. The zero-order chi connectivity index (χ0) is 18.7. The molecular formula is C19H27N5O2. The van der Waals surface area contributed by atoms with Gasteiger partial charge in [-0.2, -0.15) is 0 Å². The second-order valence-electron chi connectivity index (χ2n) is 6.71. The lowest BCUT2D eigenvalue weighted by atomic mass is 10.0. The van der Waals surface area contributed by atoms with Crippen LogP contribution in [0.2, 0.25) is 0 Å². The zero-order valence-electron chi connectivity index (χ0n) is 16.0. The monoisotopic (exact) mass is 357 g/mol. The molecule has 0 radical (unpaired) electrons. The Bertz CT molecular complexity index is 748. The second-order valence-corrected chi connectivity index (χ2v) is 6.71. The van der Waals surface area contributed by atoms with E-state index in [0.29, 0.717) is 5.69 Å². The van der Waals surface area contributed by atoms with Crippen molar-refractivity contribution in [3.63, 3.8) is 0 Å². The average Bonchev–Trinajstić information content (AvgIpc) is 3.08. The van der Waals surface area contributed by atoms with Crippen molar-refractivity contribution in [1.29, 1.82) is 0 Å². The highest BCUT2D eigenvalue weighted by molar-refractivity contribution is 5.93. The Morgan fingerprint density at radius 2 is 1.92 bits per heavy atom. The first-order valence-corrected chi connectivity index (χ1v) is 9.11. The summed E-state index contributed by atoms with van der Waals surface area (Å²) < 4.78 is 6.88. The topological polar surface area (TPSA) is 63.5 Å². The standard InChI is InChI=1S/C19H27N5O2/c1-5-23-12-10-15(11-13-23)22(3)19(25)18-14(2)24(21-20-18)16-6-8-17(26-4)9-7-16/h6-9,15H,5,10-13H2,1-4H3. The Kier molecular flexibility index (Phi) is 5.56. The summed E-state index contributed by atoms with van der Waals surface area (Å²) in [5, 5.41) is 8.35. The van der Waals surface area contributed by atoms with Gasteiger partial charge in [0.15, 0.2) is 5.69 Å². The average molecular weight is 357 g/mol. The summed E-state index contributed by atoms with van der Waals surface area (Å²) in [5.74, 6) is 0.721. The molecule has 1 fully saturated rings. The van der Waals surface area contributed by atoms with Crippen LogP contribution in [0.3, 0.4) is 0 Å². The molecule has 7 heteroatoms. The van der Waals surface area contributed by atoms with Gasteiger partial charge < -0.3 is 14.5 Å². The molecule has 7 nitrogen and oxygen atoms in total. The number of rotatable bonds is 5. The number of likely N-dealkylation sites (tertiary alicyclic amines) is 1. The van der Waals surface area contributed by atoms with Crippen molar-refractivity contribution in [2.75, 3.05) is 33.8 Å². The number of aromatic nitrogens is 3.